The van der Waals surface area contributed by atoms with Crippen LogP contribution >= 0.6 is 0 Å². The number of rotatable bonds is 7. The van der Waals surface area contributed by atoms with Crippen molar-refractivity contribution in [3.05, 3.63) is 23.8 Å². The van der Waals surface area contributed by atoms with Gasteiger partial charge in [0.05, 0.1) is 13.7 Å². The van der Waals surface area contributed by atoms with Crippen LogP contribution in [0.1, 0.15) is 43.5 Å². The summed E-state index contributed by atoms with van der Waals surface area (Å²) < 4.78 is 11.1. The number of carbonyl (C=O) groups is 1. The number of benzene rings is 1. The number of methoxy groups -OCH3 is 1. The van der Waals surface area contributed by atoms with Gasteiger partial charge in [-0.05, 0) is 56.5 Å². The summed E-state index contributed by atoms with van der Waals surface area (Å²) in [5.41, 5.74) is 0.608. The SMILES string of the molecule is COc1cc(C(=O)NC2CCNCC2)ccc1OCCC(C)C. The molecule has 0 atom stereocenters. The lowest BCUT2D eigenvalue weighted by molar-refractivity contribution is 0.0929. The fraction of sp³-hybridized carbons (Fsp3) is 0.611. The van der Waals surface area contributed by atoms with Gasteiger partial charge in [0, 0.05) is 11.6 Å². The summed E-state index contributed by atoms with van der Waals surface area (Å²) in [6.45, 7) is 6.88. The van der Waals surface area contributed by atoms with Crippen LogP contribution in [0.25, 0.3) is 0 Å². The topological polar surface area (TPSA) is 59.6 Å². The molecule has 1 aliphatic rings. The Morgan fingerprint density at radius 3 is 2.70 bits per heavy atom. The minimum Gasteiger partial charge on any atom is -0.493 e. The minimum atomic E-state index is -0.0519. The standard InChI is InChI=1S/C18H28N2O3/c1-13(2)8-11-23-16-5-4-14(12-17(16)22-3)18(21)20-15-6-9-19-10-7-15/h4-5,12-13,15,19H,6-11H2,1-3H3,(H,20,21). The van der Waals surface area contributed by atoms with E-state index in [2.05, 4.69) is 24.5 Å². The van der Waals surface area contributed by atoms with E-state index in [-0.39, 0.29) is 11.9 Å². The first-order valence-electron chi connectivity index (χ1n) is 8.42. The van der Waals surface area contributed by atoms with Gasteiger partial charge in [-0.25, -0.2) is 0 Å². The summed E-state index contributed by atoms with van der Waals surface area (Å²) in [6.07, 6.45) is 2.93. The average molecular weight is 320 g/mol. The van der Waals surface area contributed by atoms with E-state index in [9.17, 15) is 4.79 Å². The third-order valence-corrected chi connectivity index (χ3v) is 4.05. The highest BCUT2D eigenvalue weighted by Gasteiger charge is 2.17. The maximum absolute atomic E-state index is 12.4. The molecule has 1 amide bonds. The Bertz CT molecular complexity index is 511. The van der Waals surface area contributed by atoms with Gasteiger partial charge in [0.1, 0.15) is 0 Å². The van der Waals surface area contributed by atoms with E-state index in [4.69, 9.17) is 9.47 Å². The highest BCUT2D eigenvalue weighted by atomic mass is 16.5. The monoisotopic (exact) mass is 320 g/mol. The second-order valence-corrected chi connectivity index (χ2v) is 6.39. The van der Waals surface area contributed by atoms with E-state index in [1.54, 1.807) is 19.2 Å². The first kappa shape index (κ1) is 17.6. The summed E-state index contributed by atoms with van der Waals surface area (Å²) in [5.74, 6) is 1.83. The Balaban J connectivity index is 1.97. The maximum atomic E-state index is 12.4. The number of piperidine rings is 1. The second kappa shape index (κ2) is 8.77. The molecule has 1 fully saturated rings. The molecular formula is C18H28N2O3. The summed E-state index contributed by atoms with van der Waals surface area (Å²) in [4.78, 5) is 12.4. The van der Waals surface area contributed by atoms with Gasteiger partial charge in [0.2, 0.25) is 0 Å². The zero-order chi connectivity index (χ0) is 16.7. The van der Waals surface area contributed by atoms with Gasteiger partial charge in [-0.3, -0.25) is 4.79 Å². The molecule has 0 radical (unpaired) electrons. The van der Waals surface area contributed by atoms with Crippen molar-refractivity contribution in [2.75, 3.05) is 26.8 Å². The Labute approximate surface area is 138 Å². The van der Waals surface area contributed by atoms with Crippen molar-refractivity contribution in [2.24, 2.45) is 5.92 Å². The molecular weight excluding hydrogens is 292 g/mol. The molecule has 1 saturated heterocycles. The molecule has 0 spiro atoms. The molecule has 0 aromatic heterocycles. The van der Waals surface area contributed by atoms with Crippen molar-refractivity contribution in [1.82, 2.24) is 10.6 Å². The molecule has 5 heteroatoms. The van der Waals surface area contributed by atoms with Crippen LogP contribution in [0.4, 0.5) is 0 Å². The summed E-state index contributed by atoms with van der Waals surface area (Å²) in [7, 11) is 1.60. The number of ether oxygens (including phenoxy) is 2. The second-order valence-electron chi connectivity index (χ2n) is 6.39. The molecule has 1 aromatic carbocycles. The van der Waals surface area contributed by atoms with E-state index in [1.165, 1.54) is 0 Å². The molecule has 1 heterocycles. The van der Waals surface area contributed by atoms with Crippen molar-refractivity contribution in [2.45, 2.75) is 39.2 Å². The summed E-state index contributed by atoms with van der Waals surface area (Å²) in [5, 5.41) is 6.38. The molecule has 1 aliphatic heterocycles. The number of hydrogen-bond acceptors (Lipinski definition) is 4. The number of hydrogen-bond donors (Lipinski definition) is 2. The Morgan fingerprint density at radius 2 is 2.04 bits per heavy atom. The van der Waals surface area contributed by atoms with E-state index >= 15 is 0 Å². The van der Waals surface area contributed by atoms with Crippen molar-refractivity contribution in [3.8, 4) is 11.5 Å². The molecule has 23 heavy (non-hydrogen) atoms. The lowest BCUT2D eigenvalue weighted by Crippen LogP contribution is -2.42. The zero-order valence-corrected chi connectivity index (χ0v) is 14.4. The van der Waals surface area contributed by atoms with Crippen molar-refractivity contribution in [1.29, 1.82) is 0 Å². The van der Waals surface area contributed by atoms with Gasteiger partial charge < -0.3 is 20.1 Å². The third kappa shape index (κ3) is 5.43. The predicted octanol–water partition coefficient (Wildman–Crippen LogP) is 2.60. The fourth-order valence-corrected chi connectivity index (χ4v) is 2.57. The van der Waals surface area contributed by atoms with Crippen LogP contribution in [-0.4, -0.2) is 38.8 Å². The van der Waals surface area contributed by atoms with E-state index < -0.39 is 0 Å². The van der Waals surface area contributed by atoms with Crippen LogP contribution < -0.4 is 20.1 Å². The highest BCUT2D eigenvalue weighted by Crippen LogP contribution is 2.28. The van der Waals surface area contributed by atoms with E-state index in [0.717, 1.165) is 32.4 Å². The van der Waals surface area contributed by atoms with Crippen LogP contribution in [0.15, 0.2) is 18.2 Å². The van der Waals surface area contributed by atoms with Crippen LogP contribution in [0.5, 0.6) is 11.5 Å². The van der Waals surface area contributed by atoms with Crippen molar-refractivity contribution in [3.63, 3.8) is 0 Å². The largest absolute Gasteiger partial charge is 0.493 e. The minimum absolute atomic E-state index is 0.0519. The maximum Gasteiger partial charge on any atom is 0.251 e. The number of amides is 1. The molecule has 2 rings (SSSR count). The Kier molecular flexibility index (Phi) is 6.71. The quantitative estimate of drug-likeness (QED) is 0.811. The highest BCUT2D eigenvalue weighted by molar-refractivity contribution is 5.95. The van der Waals surface area contributed by atoms with Gasteiger partial charge in [0.15, 0.2) is 11.5 Å². The molecule has 2 N–H and O–H groups in total. The Morgan fingerprint density at radius 1 is 1.30 bits per heavy atom. The van der Waals surface area contributed by atoms with Crippen LogP contribution in [0, 0.1) is 5.92 Å². The van der Waals surface area contributed by atoms with Crippen molar-refractivity contribution >= 4 is 5.91 Å². The number of carbonyl (C=O) groups excluding carboxylic acids is 1. The van der Waals surface area contributed by atoms with Crippen LogP contribution in [0.3, 0.4) is 0 Å². The molecule has 5 nitrogen and oxygen atoms in total. The molecule has 0 saturated carbocycles. The molecule has 0 aliphatic carbocycles. The molecule has 128 valence electrons. The normalized spacial score (nSPS) is 15.5. The third-order valence-electron chi connectivity index (χ3n) is 4.05. The average Bonchev–Trinajstić information content (AvgIpc) is 2.55. The van der Waals surface area contributed by atoms with Crippen molar-refractivity contribution < 1.29 is 14.3 Å². The Hall–Kier alpha value is -1.75. The molecule has 1 aromatic rings. The first-order valence-corrected chi connectivity index (χ1v) is 8.42. The van der Waals surface area contributed by atoms with E-state index in [0.29, 0.717) is 29.6 Å². The van der Waals surface area contributed by atoms with Crippen LogP contribution in [0.2, 0.25) is 0 Å². The molecule has 0 bridgehead atoms. The van der Waals surface area contributed by atoms with Crippen LogP contribution in [-0.2, 0) is 0 Å². The summed E-state index contributed by atoms with van der Waals surface area (Å²) in [6, 6.07) is 5.61. The van der Waals surface area contributed by atoms with Gasteiger partial charge in [-0.15, -0.1) is 0 Å². The zero-order valence-electron chi connectivity index (χ0n) is 14.4. The lowest BCUT2D eigenvalue weighted by atomic mass is 10.1. The first-order chi connectivity index (χ1) is 11.1. The number of nitrogens with one attached hydrogen (secondary N) is 2. The lowest BCUT2D eigenvalue weighted by Gasteiger charge is -2.23. The fourth-order valence-electron chi connectivity index (χ4n) is 2.57. The predicted molar refractivity (Wildman–Crippen MR) is 91.3 cm³/mol. The molecule has 0 unspecified atom stereocenters. The van der Waals surface area contributed by atoms with Gasteiger partial charge in [-0.2, -0.15) is 0 Å². The summed E-state index contributed by atoms with van der Waals surface area (Å²) >= 11 is 0. The van der Waals surface area contributed by atoms with Gasteiger partial charge in [0.25, 0.3) is 5.91 Å². The smallest absolute Gasteiger partial charge is 0.251 e. The van der Waals surface area contributed by atoms with Gasteiger partial charge >= 0.3 is 0 Å². The van der Waals surface area contributed by atoms with Gasteiger partial charge in [-0.1, -0.05) is 13.8 Å². The van der Waals surface area contributed by atoms with E-state index in [1.807, 2.05) is 6.07 Å².